The summed E-state index contributed by atoms with van der Waals surface area (Å²) in [5.74, 6) is -2.11. The number of rotatable bonds is 5. The summed E-state index contributed by atoms with van der Waals surface area (Å²) in [6, 6.07) is 9.03. The van der Waals surface area contributed by atoms with Gasteiger partial charge in [0, 0.05) is 24.0 Å². The van der Waals surface area contributed by atoms with Crippen molar-refractivity contribution >= 4 is 21.7 Å². The van der Waals surface area contributed by atoms with Crippen molar-refractivity contribution < 1.29 is 18.8 Å². The predicted octanol–water partition coefficient (Wildman–Crippen LogP) is 4.07. The highest BCUT2D eigenvalue weighted by atomic mass is 79.9. The summed E-state index contributed by atoms with van der Waals surface area (Å²) < 4.78 is 29.7. The molecule has 0 saturated carbocycles. The maximum atomic E-state index is 13.5. The fourth-order valence-corrected chi connectivity index (χ4v) is 3.24. The van der Waals surface area contributed by atoms with Crippen LogP contribution in [0.15, 0.2) is 59.6 Å². The van der Waals surface area contributed by atoms with E-state index in [-0.39, 0.29) is 0 Å². The van der Waals surface area contributed by atoms with Crippen molar-refractivity contribution in [2.24, 2.45) is 0 Å². The molecule has 1 unspecified atom stereocenters. The molecule has 0 amide bonds. The lowest BCUT2D eigenvalue weighted by Crippen LogP contribution is -2.11. The molecule has 1 atom stereocenters. The van der Waals surface area contributed by atoms with Gasteiger partial charge in [-0.05, 0) is 57.0 Å². The predicted molar refractivity (Wildman–Crippen MR) is 119 cm³/mol. The third kappa shape index (κ3) is 5.85. The van der Waals surface area contributed by atoms with Gasteiger partial charge in [-0.15, -0.1) is 0 Å². The Balaban J connectivity index is 0.000000248. The van der Waals surface area contributed by atoms with Gasteiger partial charge in [-0.25, -0.2) is 9.07 Å². The number of hydrogen-bond donors (Lipinski definition) is 1. The zero-order valence-corrected chi connectivity index (χ0v) is 19.1. The number of aliphatic hydroxyl groups excluding tert-OH is 1. The van der Waals surface area contributed by atoms with Crippen LogP contribution in [-0.2, 0) is 6.54 Å². The van der Waals surface area contributed by atoms with Crippen LogP contribution in [0.2, 0.25) is 0 Å². The number of halogens is 3. The highest BCUT2D eigenvalue weighted by molar-refractivity contribution is 9.10. The largest absolute Gasteiger partial charge is 0.399 e. The third-order valence-corrected chi connectivity index (χ3v) is 4.87. The van der Waals surface area contributed by atoms with E-state index in [1.807, 2.05) is 12.1 Å². The lowest BCUT2D eigenvalue weighted by atomic mass is 10.1. The van der Waals surface area contributed by atoms with Crippen LogP contribution in [0.1, 0.15) is 29.8 Å². The minimum absolute atomic E-state index is 0.376. The normalized spacial score (nSPS) is 11.3. The van der Waals surface area contributed by atoms with E-state index in [0.29, 0.717) is 27.8 Å². The zero-order valence-electron chi connectivity index (χ0n) is 17.5. The van der Waals surface area contributed by atoms with Crippen molar-refractivity contribution in [1.29, 1.82) is 5.26 Å². The Hall–Kier alpha value is -4.02. The second kappa shape index (κ2) is 10.7. The molecule has 0 aliphatic carbocycles. The number of benzene rings is 1. The summed E-state index contributed by atoms with van der Waals surface area (Å²) in [5.41, 5.74) is 2.33. The first-order valence-corrected chi connectivity index (χ1v) is 10.4. The fraction of sp³-hybridized carbons (Fsp3) is 0.143. The van der Waals surface area contributed by atoms with Gasteiger partial charge < -0.3 is 15.2 Å². The van der Waals surface area contributed by atoms with E-state index in [1.54, 1.807) is 34.7 Å². The van der Waals surface area contributed by atoms with Crippen molar-refractivity contribution in [3.05, 3.63) is 98.2 Å². The van der Waals surface area contributed by atoms with E-state index >= 15 is 0 Å². The molecule has 3 aromatic heterocycles. The van der Waals surface area contributed by atoms with Crippen molar-refractivity contribution in [2.75, 3.05) is 0 Å². The summed E-state index contributed by atoms with van der Waals surface area (Å²) in [7, 11) is 0. The number of nitriles is 1. The van der Waals surface area contributed by atoms with Crippen LogP contribution in [0, 0.1) is 33.1 Å². The van der Waals surface area contributed by atoms with E-state index < -0.39 is 28.5 Å². The van der Waals surface area contributed by atoms with Crippen LogP contribution < -0.4 is 0 Å². The minimum Gasteiger partial charge on any atom is -0.389 e. The molecule has 0 bridgehead atoms. The Labute approximate surface area is 200 Å². The van der Waals surface area contributed by atoms with Crippen LogP contribution >= 0.6 is 15.9 Å². The van der Waals surface area contributed by atoms with Gasteiger partial charge in [0.1, 0.15) is 11.9 Å². The molecule has 0 aliphatic heterocycles. The van der Waals surface area contributed by atoms with Crippen LogP contribution in [0.3, 0.4) is 0 Å². The number of nitro groups is 1. The van der Waals surface area contributed by atoms with E-state index in [0.717, 1.165) is 11.8 Å². The first-order chi connectivity index (χ1) is 16.2. The first kappa shape index (κ1) is 24.6. The quantitative estimate of drug-likeness (QED) is 0.302. The number of nitrogens with zero attached hydrogens (tertiary/aromatic N) is 7. The van der Waals surface area contributed by atoms with Gasteiger partial charge in [0.05, 0.1) is 40.3 Å². The molecule has 0 aliphatic rings. The molecule has 1 N–H and O–H groups in total. The Morgan fingerprint density at radius 3 is 2.65 bits per heavy atom. The average molecular weight is 532 g/mol. The molecule has 34 heavy (non-hydrogen) atoms. The van der Waals surface area contributed by atoms with E-state index in [2.05, 4.69) is 31.1 Å². The molecule has 13 heteroatoms. The van der Waals surface area contributed by atoms with Crippen LogP contribution in [0.4, 0.5) is 14.6 Å². The highest BCUT2D eigenvalue weighted by Gasteiger charge is 2.15. The summed E-state index contributed by atoms with van der Waals surface area (Å²) >= 11 is 2.92. The Morgan fingerprint density at radius 2 is 2.03 bits per heavy atom. The maximum Gasteiger partial charge on any atom is 0.399 e. The maximum absolute atomic E-state index is 13.5. The summed E-state index contributed by atoms with van der Waals surface area (Å²) in [5, 5.41) is 37.1. The average Bonchev–Trinajstić information content (AvgIpc) is 3.43. The molecule has 0 saturated heterocycles. The first-order valence-electron chi connectivity index (χ1n) is 9.58. The van der Waals surface area contributed by atoms with Gasteiger partial charge in [0.2, 0.25) is 5.82 Å². The zero-order chi connectivity index (χ0) is 24.8. The van der Waals surface area contributed by atoms with Gasteiger partial charge in [-0.1, -0.05) is 0 Å². The highest BCUT2D eigenvalue weighted by Crippen LogP contribution is 2.24. The van der Waals surface area contributed by atoms with Crippen LogP contribution in [-0.4, -0.2) is 34.6 Å². The molecular formula is C21H16BrF2N7O3. The molecule has 10 nitrogen and oxygen atoms in total. The van der Waals surface area contributed by atoms with Crippen molar-refractivity contribution in [1.82, 2.24) is 24.5 Å². The van der Waals surface area contributed by atoms with E-state index in [9.17, 15) is 24.0 Å². The van der Waals surface area contributed by atoms with Gasteiger partial charge in [0.25, 0.3) is 0 Å². The number of aromatic nitrogens is 5. The molecule has 174 valence electrons. The Kier molecular flexibility index (Phi) is 7.77. The SMILES string of the molecule is CC(O)c1cc(F)ccc1-n1nccc1Cn1cc(C#N)cn1.O=[N+]([O-])c1ncc(Br)cc1F. The third-order valence-electron chi connectivity index (χ3n) is 4.44. The van der Waals surface area contributed by atoms with Gasteiger partial charge >= 0.3 is 5.82 Å². The molecule has 0 radical (unpaired) electrons. The second-order valence-corrected chi connectivity index (χ2v) is 7.78. The van der Waals surface area contributed by atoms with Crippen LogP contribution in [0.25, 0.3) is 5.69 Å². The molecule has 4 aromatic rings. The van der Waals surface area contributed by atoms with Gasteiger partial charge in [-0.3, -0.25) is 4.68 Å². The summed E-state index contributed by atoms with van der Waals surface area (Å²) in [6.45, 7) is 1.98. The lowest BCUT2D eigenvalue weighted by molar-refractivity contribution is -0.392. The molecule has 3 heterocycles. The van der Waals surface area contributed by atoms with E-state index in [1.165, 1.54) is 24.5 Å². The minimum atomic E-state index is -0.940. The smallest absolute Gasteiger partial charge is 0.389 e. The Morgan fingerprint density at radius 1 is 1.26 bits per heavy atom. The topological polar surface area (TPSA) is 136 Å². The monoisotopic (exact) mass is 531 g/mol. The summed E-state index contributed by atoms with van der Waals surface area (Å²) in [6.07, 6.45) is 5.09. The van der Waals surface area contributed by atoms with E-state index in [4.69, 9.17) is 5.26 Å². The molecular weight excluding hydrogens is 516 g/mol. The van der Waals surface area contributed by atoms with Crippen molar-refractivity contribution in [3.8, 4) is 11.8 Å². The van der Waals surface area contributed by atoms with Crippen molar-refractivity contribution in [2.45, 2.75) is 19.6 Å². The van der Waals surface area contributed by atoms with Gasteiger partial charge in [-0.2, -0.15) is 19.8 Å². The van der Waals surface area contributed by atoms with Crippen LogP contribution in [0.5, 0.6) is 0 Å². The number of pyridine rings is 1. The number of hydrogen-bond acceptors (Lipinski definition) is 7. The molecule has 0 fully saturated rings. The van der Waals surface area contributed by atoms with Gasteiger partial charge in [0.15, 0.2) is 6.20 Å². The standard InChI is InChI=1S/C16H14FN5O.C5H2BrFN2O2/c1-11(23)15-6-13(17)2-3-16(15)22-14(4-5-19-22)10-21-9-12(7-18)8-20-21;6-3-1-4(7)5(8-2-3)9(10)11/h2-6,8-9,11,23H,10H2,1H3;1-2H. The van der Waals surface area contributed by atoms with Crippen molar-refractivity contribution in [3.63, 3.8) is 0 Å². The lowest BCUT2D eigenvalue weighted by Gasteiger charge is -2.14. The molecule has 1 aromatic carbocycles. The summed E-state index contributed by atoms with van der Waals surface area (Å²) in [4.78, 5) is 12.4. The second-order valence-electron chi connectivity index (χ2n) is 6.87. The fourth-order valence-electron chi connectivity index (χ4n) is 2.94. The Bertz CT molecular complexity index is 1360. The molecule has 4 rings (SSSR count). The number of aliphatic hydroxyl groups is 1. The molecule has 0 spiro atoms.